The lowest BCUT2D eigenvalue weighted by atomic mass is 9.93. The molecular weight excluding hydrogens is 450 g/mol. The summed E-state index contributed by atoms with van der Waals surface area (Å²) in [6.07, 6.45) is 5.23. The second-order valence-electron chi connectivity index (χ2n) is 10.2. The zero-order chi connectivity index (χ0) is 25.4. The summed E-state index contributed by atoms with van der Waals surface area (Å²) in [4.78, 5) is 31.1. The van der Waals surface area contributed by atoms with Crippen LogP contribution >= 0.6 is 0 Å². The van der Waals surface area contributed by atoms with Gasteiger partial charge >= 0.3 is 0 Å². The van der Waals surface area contributed by atoms with Crippen molar-refractivity contribution < 1.29 is 4.79 Å². The average Bonchev–Trinajstić information content (AvgIpc) is 3.28. The molecule has 1 amide bonds. The van der Waals surface area contributed by atoms with E-state index in [-0.39, 0.29) is 11.9 Å². The van der Waals surface area contributed by atoms with Gasteiger partial charge in [0.25, 0.3) is 0 Å². The molecule has 1 aliphatic heterocycles. The summed E-state index contributed by atoms with van der Waals surface area (Å²) in [5.74, 6) is 1.63. The molecule has 5 rings (SSSR count). The quantitative estimate of drug-likeness (QED) is 0.432. The fourth-order valence-corrected chi connectivity index (χ4v) is 4.80. The second-order valence-corrected chi connectivity index (χ2v) is 10.2. The van der Waals surface area contributed by atoms with E-state index >= 15 is 0 Å². The second kappa shape index (κ2) is 9.08. The van der Waals surface area contributed by atoms with Gasteiger partial charge in [-0.05, 0) is 24.6 Å². The molecule has 1 aliphatic rings. The van der Waals surface area contributed by atoms with E-state index in [1.807, 2.05) is 54.6 Å². The van der Waals surface area contributed by atoms with Crippen LogP contribution in [0.15, 0.2) is 61.2 Å². The Morgan fingerprint density at radius 1 is 1.08 bits per heavy atom. The highest BCUT2D eigenvalue weighted by Gasteiger charge is 2.35. The molecule has 182 valence electrons. The molecule has 0 saturated carbocycles. The molecule has 0 unspecified atom stereocenters. The minimum atomic E-state index is -0.415. The number of piperazine rings is 1. The van der Waals surface area contributed by atoms with Crippen LogP contribution in [0.4, 0.5) is 5.82 Å². The lowest BCUT2D eigenvalue weighted by molar-refractivity contribution is -0.142. The summed E-state index contributed by atoms with van der Waals surface area (Å²) >= 11 is 0. The Morgan fingerprint density at radius 3 is 2.56 bits per heavy atom. The highest BCUT2D eigenvalue weighted by molar-refractivity contribution is 6.02. The Hall–Kier alpha value is -4.25. The van der Waals surface area contributed by atoms with Crippen molar-refractivity contribution in [1.29, 1.82) is 5.26 Å². The molecule has 0 N–H and O–H groups in total. The number of fused-ring (bicyclic) bond motifs is 1. The maximum atomic E-state index is 13.0. The van der Waals surface area contributed by atoms with Gasteiger partial charge in [-0.2, -0.15) is 5.26 Å². The molecule has 1 saturated heterocycles. The van der Waals surface area contributed by atoms with Crippen molar-refractivity contribution >= 4 is 22.8 Å². The van der Waals surface area contributed by atoms with Crippen molar-refractivity contribution in [3.05, 3.63) is 66.7 Å². The van der Waals surface area contributed by atoms with Crippen molar-refractivity contribution in [3.8, 4) is 23.0 Å². The van der Waals surface area contributed by atoms with E-state index in [0.29, 0.717) is 31.0 Å². The fraction of sp³-hybridized carbons (Fsp3) is 0.321. The molecule has 4 aromatic rings. The number of nitrogens with zero attached hydrogens (tertiary/aromatic N) is 7. The molecule has 3 aromatic heterocycles. The van der Waals surface area contributed by atoms with E-state index in [9.17, 15) is 10.1 Å². The van der Waals surface area contributed by atoms with Gasteiger partial charge in [0.1, 0.15) is 18.0 Å². The number of aromatic nitrogens is 4. The van der Waals surface area contributed by atoms with Crippen LogP contribution in [0, 0.1) is 16.7 Å². The standard InChI is InChI=1S/C28H29N7O/c1-19-16-33(12-13-34(19)27(36)28(2,3)4)25-24-22(21-8-6-5-7-9-21)17-35(26(24)32-18-31-25)23-14-20(15-29)10-11-30-23/h5-11,14,17-19H,12-13,16H2,1-4H3/t19-/m1/s1. The van der Waals surface area contributed by atoms with E-state index in [2.05, 4.69) is 40.0 Å². The summed E-state index contributed by atoms with van der Waals surface area (Å²) in [5, 5.41) is 10.3. The highest BCUT2D eigenvalue weighted by Crippen LogP contribution is 2.37. The molecule has 0 spiro atoms. The molecule has 0 bridgehead atoms. The van der Waals surface area contributed by atoms with Crippen LogP contribution in [0.1, 0.15) is 33.3 Å². The Balaban J connectivity index is 1.63. The molecule has 1 aromatic carbocycles. The number of amides is 1. The monoisotopic (exact) mass is 479 g/mol. The number of carbonyl (C=O) groups excluding carboxylic acids is 1. The Labute approximate surface area is 210 Å². The van der Waals surface area contributed by atoms with E-state index < -0.39 is 5.41 Å². The van der Waals surface area contributed by atoms with Crippen LogP contribution in [0.3, 0.4) is 0 Å². The Kier molecular flexibility index (Phi) is 5.92. The molecule has 0 aliphatic carbocycles. The summed E-state index contributed by atoms with van der Waals surface area (Å²) in [6.45, 7) is 9.98. The Morgan fingerprint density at radius 2 is 1.86 bits per heavy atom. The third kappa shape index (κ3) is 4.17. The molecule has 8 nitrogen and oxygen atoms in total. The molecular formula is C28H29N7O. The fourth-order valence-electron chi connectivity index (χ4n) is 4.80. The van der Waals surface area contributed by atoms with Gasteiger partial charge in [-0.1, -0.05) is 51.1 Å². The summed E-state index contributed by atoms with van der Waals surface area (Å²) in [7, 11) is 0. The van der Waals surface area contributed by atoms with Crippen molar-refractivity contribution in [3.63, 3.8) is 0 Å². The molecule has 8 heteroatoms. The SMILES string of the molecule is C[C@@H]1CN(c2ncnc3c2c(-c2ccccc2)cn3-c2cc(C#N)ccn2)CCN1C(=O)C(C)(C)C. The van der Waals surface area contributed by atoms with Crippen LogP contribution < -0.4 is 4.90 Å². The van der Waals surface area contributed by atoms with Crippen LogP contribution in [0.25, 0.3) is 28.0 Å². The molecule has 4 heterocycles. The lowest BCUT2D eigenvalue weighted by Crippen LogP contribution is -2.56. The van der Waals surface area contributed by atoms with Gasteiger partial charge in [0.2, 0.25) is 5.91 Å². The summed E-state index contributed by atoms with van der Waals surface area (Å²) in [5.41, 5.74) is 2.88. The van der Waals surface area contributed by atoms with Crippen molar-refractivity contribution in [2.45, 2.75) is 33.7 Å². The van der Waals surface area contributed by atoms with E-state index in [1.165, 1.54) is 0 Å². The van der Waals surface area contributed by atoms with Crippen LogP contribution in [0.5, 0.6) is 0 Å². The predicted octanol–water partition coefficient (Wildman–Crippen LogP) is 4.44. The first-order chi connectivity index (χ1) is 17.3. The normalized spacial score (nSPS) is 16.2. The number of benzene rings is 1. The number of hydrogen-bond donors (Lipinski definition) is 0. The minimum absolute atomic E-state index is 0.0479. The van der Waals surface area contributed by atoms with Gasteiger partial charge < -0.3 is 9.80 Å². The number of anilines is 1. The largest absolute Gasteiger partial charge is 0.352 e. The first-order valence-corrected chi connectivity index (χ1v) is 12.1. The van der Waals surface area contributed by atoms with E-state index in [0.717, 1.165) is 28.0 Å². The topological polar surface area (TPSA) is 90.9 Å². The zero-order valence-electron chi connectivity index (χ0n) is 21.0. The van der Waals surface area contributed by atoms with Gasteiger partial charge in [0, 0.05) is 49.0 Å². The maximum Gasteiger partial charge on any atom is 0.228 e. The predicted molar refractivity (Wildman–Crippen MR) is 140 cm³/mol. The zero-order valence-corrected chi connectivity index (χ0v) is 21.0. The number of pyridine rings is 1. The third-order valence-corrected chi connectivity index (χ3v) is 6.60. The maximum absolute atomic E-state index is 13.0. The summed E-state index contributed by atoms with van der Waals surface area (Å²) < 4.78 is 1.92. The Bertz CT molecular complexity index is 1460. The number of nitriles is 1. The van der Waals surface area contributed by atoms with Crippen molar-refractivity contribution in [2.75, 3.05) is 24.5 Å². The highest BCUT2D eigenvalue weighted by atomic mass is 16.2. The smallest absolute Gasteiger partial charge is 0.228 e. The third-order valence-electron chi connectivity index (χ3n) is 6.60. The van der Waals surface area contributed by atoms with Crippen LogP contribution in [0.2, 0.25) is 0 Å². The van der Waals surface area contributed by atoms with E-state index in [4.69, 9.17) is 4.98 Å². The van der Waals surface area contributed by atoms with Crippen LogP contribution in [-0.4, -0.2) is 56.0 Å². The number of carbonyl (C=O) groups is 1. The van der Waals surface area contributed by atoms with Gasteiger partial charge in [-0.25, -0.2) is 15.0 Å². The number of rotatable bonds is 3. The average molecular weight is 480 g/mol. The molecule has 0 radical (unpaired) electrons. The van der Waals surface area contributed by atoms with Gasteiger partial charge in [0.05, 0.1) is 17.0 Å². The van der Waals surface area contributed by atoms with Crippen LogP contribution in [-0.2, 0) is 4.79 Å². The first-order valence-electron chi connectivity index (χ1n) is 12.1. The summed E-state index contributed by atoms with van der Waals surface area (Å²) in [6, 6.07) is 15.8. The van der Waals surface area contributed by atoms with Gasteiger partial charge in [-0.15, -0.1) is 0 Å². The first kappa shape index (κ1) is 23.5. The van der Waals surface area contributed by atoms with Gasteiger partial charge in [-0.3, -0.25) is 9.36 Å². The van der Waals surface area contributed by atoms with Gasteiger partial charge in [0.15, 0.2) is 5.65 Å². The van der Waals surface area contributed by atoms with E-state index in [1.54, 1.807) is 24.7 Å². The van der Waals surface area contributed by atoms with Crippen molar-refractivity contribution in [2.24, 2.45) is 5.41 Å². The molecule has 1 fully saturated rings. The lowest BCUT2D eigenvalue weighted by Gasteiger charge is -2.42. The molecule has 1 atom stereocenters. The minimum Gasteiger partial charge on any atom is -0.352 e. The van der Waals surface area contributed by atoms with Crippen molar-refractivity contribution in [1.82, 2.24) is 24.4 Å². The molecule has 36 heavy (non-hydrogen) atoms. The number of hydrogen-bond acceptors (Lipinski definition) is 6.